The fraction of sp³-hybridized carbons (Fsp3) is 0.538. The second kappa shape index (κ2) is 6.72. The summed E-state index contributed by atoms with van der Waals surface area (Å²) in [5.41, 5.74) is -0.00630. The van der Waals surface area contributed by atoms with Crippen LogP contribution in [0.15, 0.2) is 22.7 Å². The first-order valence-electron chi connectivity index (χ1n) is 5.94. The Balaban J connectivity index is 2.70. The molecule has 0 bridgehead atoms. The van der Waals surface area contributed by atoms with Crippen LogP contribution in [0, 0.1) is 0 Å². The molecule has 0 fully saturated rings. The van der Waals surface area contributed by atoms with Crippen molar-refractivity contribution in [1.29, 1.82) is 0 Å². The molecule has 0 amide bonds. The maximum absolute atomic E-state index is 12.7. The third kappa shape index (κ3) is 5.50. The van der Waals surface area contributed by atoms with E-state index in [2.05, 4.69) is 21.2 Å². The van der Waals surface area contributed by atoms with Gasteiger partial charge < -0.3 is 10.2 Å². The van der Waals surface area contributed by atoms with Crippen LogP contribution in [-0.2, 0) is 12.7 Å². The molecular formula is C13H18BrF3N2. The summed E-state index contributed by atoms with van der Waals surface area (Å²) < 4.78 is 38.3. The van der Waals surface area contributed by atoms with Crippen LogP contribution in [0.25, 0.3) is 0 Å². The maximum Gasteiger partial charge on any atom is 0.417 e. The number of hydrogen-bond acceptors (Lipinski definition) is 2. The number of likely N-dealkylation sites (N-methyl/N-ethyl adjacent to an activating group) is 1. The van der Waals surface area contributed by atoms with Gasteiger partial charge in [-0.25, -0.2) is 0 Å². The van der Waals surface area contributed by atoms with Crippen LogP contribution in [0.3, 0.4) is 0 Å². The molecule has 0 aromatic heterocycles. The fourth-order valence-electron chi connectivity index (χ4n) is 1.80. The van der Waals surface area contributed by atoms with Gasteiger partial charge in [0, 0.05) is 23.6 Å². The van der Waals surface area contributed by atoms with Crippen LogP contribution in [0.5, 0.6) is 0 Å². The Morgan fingerprint density at radius 2 is 1.95 bits per heavy atom. The number of nitrogens with zero attached hydrogens (tertiary/aromatic N) is 1. The van der Waals surface area contributed by atoms with E-state index in [1.54, 1.807) is 6.07 Å². The van der Waals surface area contributed by atoms with Gasteiger partial charge in [0.05, 0.1) is 5.56 Å². The van der Waals surface area contributed by atoms with E-state index in [0.29, 0.717) is 12.1 Å². The highest BCUT2D eigenvalue weighted by Crippen LogP contribution is 2.35. The van der Waals surface area contributed by atoms with E-state index in [0.717, 1.165) is 6.54 Å². The minimum Gasteiger partial charge on any atom is -0.309 e. The van der Waals surface area contributed by atoms with Crippen molar-refractivity contribution in [3.63, 3.8) is 0 Å². The van der Waals surface area contributed by atoms with Crippen LogP contribution in [0.4, 0.5) is 13.2 Å². The average molecular weight is 339 g/mol. The highest BCUT2D eigenvalue weighted by molar-refractivity contribution is 9.10. The zero-order valence-corrected chi connectivity index (χ0v) is 12.8. The smallest absolute Gasteiger partial charge is 0.309 e. The molecule has 1 unspecified atom stereocenters. The largest absolute Gasteiger partial charge is 0.417 e. The Labute approximate surface area is 120 Å². The minimum atomic E-state index is -4.33. The molecule has 0 aliphatic heterocycles. The molecule has 0 saturated carbocycles. The summed E-state index contributed by atoms with van der Waals surface area (Å²) in [4.78, 5) is 2.03. The van der Waals surface area contributed by atoms with Crippen LogP contribution in [0.2, 0.25) is 0 Å². The normalized spacial score (nSPS) is 13.9. The van der Waals surface area contributed by atoms with Crippen LogP contribution >= 0.6 is 15.9 Å². The van der Waals surface area contributed by atoms with E-state index in [-0.39, 0.29) is 10.5 Å². The van der Waals surface area contributed by atoms with E-state index in [1.807, 2.05) is 25.9 Å². The van der Waals surface area contributed by atoms with E-state index in [1.165, 1.54) is 12.1 Å². The molecule has 19 heavy (non-hydrogen) atoms. The van der Waals surface area contributed by atoms with Gasteiger partial charge in [-0.3, -0.25) is 0 Å². The van der Waals surface area contributed by atoms with Crippen LogP contribution in [0.1, 0.15) is 18.1 Å². The summed E-state index contributed by atoms with van der Waals surface area (Å²) in [5, 5.41) is 3.20. The van der Waals surface area contributed by atoms with Crippen LogP contribution in [-0.4, -0.2) is 31.6 Å². The molecular weight excluding hydrogens is 321 g/mol. The molecule has 0 radical (unpaired) electrons. The predicted molar refractivity (Wildman–Crippen MR) is 74.0 cm³/mol. The van der Waals surface area contributed by atoms with E-state index >= 15 is 0 Å². The summed E-state index contributed by atoms with van der Waals surface area (Å²) in [5.74, 6) is 0. The lowest BCUT2D eigenvalue weighted by Crippen LogP contribution is -2.35. The third-order valence-corrected chi connectivity index (χ3v) is 3.32. The SMILES string of the molecule is CC(CN(C)C)NCc1ccc(Br)c(C(F)(F)F)c1. The Hall–Kier alpha value is -0.590. The van der Waals surface area contributed by atoms with Gasteiger partial charge in [-0.05, 0) is 38.7 Å². The van der Waals surface area contributed by atoms with Gasteiger partial charge in [0.2, 0.25) is 0 Å². The van der Waals surface area contributed by atoms with Crippen molar-refractivity contribution in [1.82, 2.24) is 10.2 Å². The number of alkyl halides is 3. The summed E-state index contributed by atoms with van der Waals surface area (Å²) in [6.45, 7) is 3.26. The van der Waals surface area contributed by atoms with E-state index in [9.17, 15) is 13.2 Å². The Morgan fingerprint density at radius 3 is 2.47 bits per heavy atom. The zero-order chi connectivity index (χ0) is 14.6. The molecule has 1 aromatic rings. The monoisotopic (exact) mass is 338 g/mol. The fourth-order valence-corrected chi connectivity index (χ4v) is 2.28. The lowest BCUT2D eigenvalue weighted by atomic mass is 10.1. The minimum absolute atomic E-state index is 0.0742. The van der Waals surface area contributed by atoms with Gasteiger partial charge in [-0.2, -0.15) is 13.2 Å². The van der Waals surface area contributed by atoms with Crippen molar-refractivity contribution < 1.29 is 13.2 Å². The lowest BCUT2D eigenvalue weighted by Gasteiger charge is -2.19. The second-order valence-corrected chi connectivity index (χ2v) is 5.71. The molecule has 1 atom stereocenters. The summed E-state index contributed by atoms with van der Waals surface area (Å²) in [7, 11) is 3.92. The van der Waals surface area contributed by atoms with Crippen molar-refractivity contribution in [2.75, 3.05) is 20.6 Å². The number of rotatable bonds is 5. The van der Waals surface area contributed by atoms with Gasteiger partial charge in [-0.1, -0.05) is 22.0 Å². The van der Waals surface area contributed by atoms with E-state index < -0.39 is 11.7 Å². The summed E-state index contributed by atoms with van der Waals surface area (Å²) in [6, 6.07) is 4.53. The average Bonchev–Trinajstić information content (AvgIpc) is 2.25. The number of halogens is 4. The number of nitrogens with one attached hydrogen (secondary N) is 1. The second-order valence-electron chi connectivity index (χ2n) is 4.86. The lowest BCUT2D eigenvalue weighted by molar-refractivity contribution is -0.138. The highest BCUT2D eigenvalue weighted by Gasteiger charge is 2.33. The van der Waals surface area contributed by atoms with Crippen molar-refractivity contribution in [2.24, 2.45) is 0 Å². The van der Waals surface area contributed by atoms with Crippen LogP contribution < -0.4 is 5.32 Å². The Kier molecular flexibility index (Phi) is 5.82. The van der Waals surface area contributed by atoms with Gasteiger partial charge in [-0.15, -0.1) is 0 Å². The highest BCUT2D eigenvalue weighted by atomic mass is 79.9. The number of hydrogen-bond donors (Lipinski definition) is 1. The first-order valence-corrected chi connectivity index (χ1v) is 6.73. The molecule has 6 heteroatoms. The first kappa shape index (κ1) is 16.5. The maximum atomic E-state index is 12.7. The first-order chi connectivity index (χ1) is 8.70. The Morgan fingerprint density at radius 1 is 1.32 bits per heavy atom. The van der Waals surface area contributed by atoms with Gasteiger partial charge >= 0.3 is 6.18 Å². The van der Waals surface area contributed by atoms with Crippen molar-refractivity contribution in [2.45, 2.75) is 25.7 Å². The summed E-state index contributed by atoms with van der Waals surface area (Å²) >= 11 is 2.93. The summed E-state index contributed by atoms with van der Waals surface area (Å²) in [6.07, 6.45) is -4.33. The molecule has 108 valence electrons. The molecule has 0 aliphatic carbocycles. The molecule has 0 saturated heterocycles. The van der Waals surface area contributed by atoms with Crippen molar-refractivity contribution >= 4 is 15.9 Å². The zero-order valence-electron chi connectivity index (χ0n) is 11.2. The van der Waals surface area contributed by atoms with Gasteiger partial charge in [0.15, 0.2) is 0 Å². The molecule has 0 heterocycles. The quantitative estimate of drug-likeness (QED) is 0.883. The number of benzene rings is 1. The molecule has 1 aromatic carbocycles. The molecule has 1 rings (SSSR count). The third-order valence-electron chi connectivity index (χ3n) is 2.63. The van der Waals surface area contributed by atoms with Gasteiger partial charge in [0.25, 0.3) is 0 Å². The van der Waals surface area contributed by atoms with Crippen molar-refractivity contribution in [3.8, 4) is 0 Å². The van der Waals surface area contributed by atoms with Gasteiger partial charge in [0.1, 0.15) is 0 Å². The molecule has 0 aliphatic rings. The molecule has 0 spiro atoms. The standard InChI is InChI=1S/C13H18BrF3N2/c1-9(8-19(2)3)18-7-10-4-5-12(14)11(6-10)13(15,16)17/h4-6,9,18H,7-8H2,1-3H3. The molecule has 2 nitrogen and oxygen atoms in total. The topological polar surface area (TPSA) is 15.3 Å². The molecule has 1 N–H and O–H groups in total. The Bertz CT molecular complexity index is 419. The van der Waals surface area contributed by atoms with E-state index in [4.69, 9.17) is 0 Å². The predicted octanol–water partition coefficient (Wildman–Crippen LogP) is 3.51. The van der Waals surface area contributed by atoms with Crippen molar-refractivity contribution in [3.05, 3.63) is 33.8 Å².